The van der Waals surface area contributed by atoms with Crippen molar-refractivity contribution >= 4 is 35.3 Å². The fraction of sp³-hybridized carbons (Fsp3) is 0.292. The monoisotopic (exact) mass is 489 g/mol. The third kappa shape index (κ3) is 5.36. The molecule has 0 unspecified atom stereocenters. The van der Waals surface area contributed by atoms with E-state index in [1.807, 2.05) is 43.3 Å². The highest BCUT2D eigenvalue weighted by Crippen LogP contribution is 2.30. The number of benzene rings is 2. The molecule has 0 spiro atoms. The molecule has 2 aromatic heterocycles. The zero-order valence-corrected chi connectivity index (χ0v) is 20.5. The van der Waals surface area contributed by atoms with Gasteiger partial charge in [0, 0.05) is 18.8 Å². The highest BCUT2D eigenvalue weighted by Gasteiger charge is 2.23. The molecule has 5 rings (SSSR count). The fourth-order valence-corrected chi connectivity index (χ4v) is 4.60. The lowest BCUT2D eigenvalue weighted by Crippen LogP contribution is -2.38. The van der Waals surface area contributed by atoms with Crippen molar-refractivity contribution in [3.05, 3.63) is 65.5 Å². The predicted octanol–water partition coefficient (Wildman–Crippen LogP) is 3.52. The maximum atomic E-state index is 5.99. The molecule has 3 heterocycles. The van der Waals surface area contributed by atoms with Crippen molar-refractivity contribution in [2.75, 3.05) is 42.3 Å². The summed E-state index contributed by atoms with van der Waals surface area (Å²) < 4.78 is 7.63. The molecule has 10 nitrogen and oxygen atoms in total. The Morgan fingerprint density at radius 1 is 0.971 bits per heavy atom. The van der Waals surface area contributed by atoms with Crippen LogP contribution in [-0.2, 0) is 10.5 Å². The van der Waals surface area contributed by atoms with Crippen LogP contribution in [-0.4, -0.2) is 56.0 Å². The molecule has 2 aromatic carbocycles. The summed E-state index contributed by atoms with van der Waals surface area (Å²) in [5.41, 5.74) is 10.2. The minimum absolute atomic E-state index is 0.166. The van der Waals surface area contributed by atoms with Crippen molar-refractivity contribution in [3.63, 3.8) is 0 Å². The van der Waals surface area contributed by atoms with Crippen LogP contribution in [0.2, 0.25) is 0 Å². The lowest BCUT2D eigenvalue weighted by molar-refractivity contribution is 0.122. The summed E-state index contributed by atoms with van der Waals surface area (Å²) in [5.74, 6) is 2.40. The molecule has 0 radical (unpaired) electrons. The number of nitrogen functional groups attached to an aromatic ring is 1. The number of nitrogens with two attached hydrogens (primary N) is 1. The molecule has 0 atom stereocenters. The number of thioether (sulfide) groups is 1. The minimum Gasteiger partial charge on any atom is -0.378 e. The summed E-state index contributed by atoms with van der Waals surface area (Å²) >= 11 is 1.51. The Kier molecular flexibility index (Phi) is 6.77. The van der Waals surface area contributed by atoms with Crippen LogP contribution in [0.25, 0.3) is 5.69 Å². The maximum absolute atomic E-state index is 5.99. The van der Waals surface area contributed by atoms with Crippen LogP contribution in [0, 0.1) is 13.8 Å². The van der Waals surface area contributed by atoms with Gasteiger partial charge in [0.25, 0.3) is 0 Å². The van der Waals surface area contributed by atoms with Gasteiger partial charge < -0.3 is 20.7 Å². The van der Waals surface area contributed by atoms with E-state index in [0.717, 1.165) is 41.1 Å². The third-order valence-corrected chi connectivity index (χ3v) is 6.53. The number of anilines is 4. The predicted molar refractivity (Wildman–Crippen MR) is 137 cm³/mol. The second-order valence-corrected chi connectivity index (χ2v) is 9.16. The molecule has 35 heavy (non-hydrogen) atoms. The lowest BCUT2D eigenvalue weighted by atomic mass is 10.2. The molecule has 3 N–H and O–H groups in total. The summed E-state index contributed by atoms with van der Waals surface area (Å²) in [4.78, 5) is 15.3. The van der Waals surface area contributed by atoms with Crippen LogP contribution >= 0.6 is 11.8 Å². The first kappa shape index (κ1) is 23.1. The topological polar surface area (TPSA) is 120 Å². The molecule has 1 aliphatic rings. The molecule has 4 aromatic rings. The van der Waals surface area contributed by atoms with E-state index in [9.17, 15) is 0 Å². The second-order valence-electron chi connectivity index (χ2n) is 8.22. The standard InChI is InChI=1S/C24H27N9OS/c1-16-7-9-18(10-8-16)26-22-28-20(27-21(25)29-22)15-35-24-31-30-23(32-11-13-34-14-12-32)33(24)19-6-4-3-5-17(19)2/h3-10H,11-15H2,1-2H3,(H3,25,26,27,28,29). The van der Waals surface area contributed by atoms with Gasteiger partial charge in [-0.1, -0.05) is 47.7 Å². The van der Waals surface area contributed by atoms with E-state index in [-0.39, 0.29) is 5.95 Å². The van der Waals surface area contributed by atoms with E-state index < -0.39 is 0 Å². The van der Waals surface area contributed by atoms with Gasteiger partial charge in [-0.2, -0.15) is 15.0 Å². The Morgan fingerprint density at radius 3 is 2.51 bits per heavy atom. The summed E-state index contributed by atoms with van der Waals surface area (Å²) in [6.45, 7) is 7.01. The Bertz CT molecular complexity index is 1300. The molecule has 0 aliphatic carbocycles. The molecule has 180 valence electrons. The molecule has 1 fully saturated rings. The Morgan fingerprint density at radius 2 is 1.74 bits per heavy atom. The number of aromatic nitrogens is 6. The van der Waals surface area contributed by atoms with E-state index in [4.69, 9.17) is 10.5 Å². The number of hydrogen-bond donors (Lipinski definition) is 2. The van der Waals surface area contributed by atoms with Crippen molar-refractivity contribution in [1.29, 1.82) is 0 Å². The summed E-state index contributed by atoms with van der Waals surface area (Å²) in [5, 5.41) is 13.0. The highest BCUT2D eigenvalue weighted by atomic mass is 32.2. The van der Waals surface area contributed by atoms with Crippen molar-refractivity contribution < 1.29 is 4.74 Å². The maximum Gasteiger partial charge on any atom is 0.232 e. The number of hydrogen-bond acceptors (Lipinski definition) is 10. The zero-order chi connectivity index (χ0) is 24.2. The van der Waals surface area contributed by atoms with Gasteiger partial charge >= 0.3 is 0 Å². The van der Waals surface area contributed by atoms with Gasteiger partial charge in [0.2, 0.25) is 17.8 Å². The number of morpholine rings is 1. The van der Waals surface area contributed by atoms with Crippen molar-refractivity contribution in [3.8, 4) is 5.69 Å². The Balaban J connectivity index is 1.40. The number of nitrogens with zero attached hydrogens (tertiary/aromatic N) is 7. The first-order chi connectivity index (χ1) is 17.1. The van der Waals surface area contributed by atoms with Gasteiger partial charge in [0.15, 0.2) is 5.16 Å². The van der Waals surface area contributed by atoms with Crippen molar-refractivity contribution in [2.45, 2.75) is 24.8 Å². The van der Waals surface area contributed by atoms with Gasteiger partial charge in [-0.25, -0.2) is 0 Å². The van der Waals surface area contributed by atoms with Crippen LogP contribution in [0.5, 0.6) is 0 Å². The molecule has 0 bridgehead atoms. The highest BCUT2D eigenvalue weighted by molar-refractivity contribution is 7.98. The smallest absolute Gasteiger partial charge is 0.232 e. The van der Waals surface area contributed by atoms with E-state index >= 15 is 0 Å². The number of para-hydroxylation sites is 1. The van der Waals surface area contributed by atoms with E-state index in [1.165, 1.54) is 17.3 Å². The number of aryl methyl sites for hydroxylation is 2. The van der Waals surface area contributed by atoms with E-state index in [2.05, 4.69) is 59.0 Å². The normalized spacial score (nSPS) is 13.7. The van der Waals surface area contributed by atoms with E-state index in [1.54, 1.807) is 0 Å². The van der Waals surface area contributed by atoms with Gasteiger partial charge in [-0.15, -0.1) is 10.2 Å². The summed E-state index contributed by atoms with van der Waals surface area (Å²) in [6, 6.07) is 16.2. The number of ether oxygens (including phenoxy) is 1. The quantitative estimate of drug-likeness (QED) is 0.373. The van der Waals surface area contributed by atoms with E-state index in [0.29, 0.717) is 30.7 Å². The molecule has 1 saturated heterocycles. The van der Waals surface area contributed by atoms with Gasteiger partial charge in [-0.05, 0) is 37.6 Å². The minimum atomic E-state index is 0.166. The average Bonchev–Trinajstić information content (AvgIpc) is 3.28. The van der Waals surface area contributed by atoms with Gasteiger partial charge in [0.1, 0.15) is 5.82 Å². The molecule has 11 heteroatoms. The molecular weight excluding hydrogens is 462 g/mol. The third-order valence-electron chi connectivity index (χ3n) is 5.60. The van der Waals surface area contributed by atoms with Crippen molar-refractivity contribution in [2.24, 2.45) is 0 Å². The van der Waals surface area contributed by atoms with Crippen LogP contribution in [0.15, 0.2) is 53.7 Å². The van der Waals surface area contributed by atoms with Gasteiger partial charge in [0.05, 0.1) is 24.7 Å². The molecule has 1 aliphatic heterocycles. The molecular formula is C24H27N9OS. The van der Waals surface area contributed by atoms with Crippen LogP contribution in [0.3, 0.4) is 0 Å². The Hall–Kier alpha value is -3.70. The number of rotatable bonds is 7. The number of nitrogens with one attached hydrogen (secondary N) is 1. The fourth-order valence-electron chi connectivity index (χ4n) is 3.80. The lowest BCUT2D eigenvalue weighted by Gasteiger charge is -2.28. The van der Waals surface area contributed by atoms with Crippen LogP contribution in [0.4, 0.5) is 23.5 Å². The molecule has 0 amide bonds. The largest absolute Gasteiger partial charge is 0.378 e. The second kappa shape index (κ2) is 10.3. The Labute approximate surface area is 208 Å². The SMILES string of the molecule is Cc1ccc(Nc2nc(N)nc(CSc3nnc(N4CCOCC4)n3-c3ccccc3C)n2)cc1. The first-order valence-corrected chi connectivity index (χ1v) is 12.4. The molecule has 0 saturated carbocycles. The summed E-state index contributed by atoms with van der Waals surface area (Å²) in [7, 11) is 0. The average molecular weight is 490 g/mol. The van der Waals surface area contributed by atoms with Crippen molar-refractivity contribution in [1.82, 2.24) is 29.7 Å². The zero-order valence-electron chi connectivity index (χ0n) is 19.7. The first-order valence-electron chi connectivity index (χ1n) is 11.4. The van der Waals surface area contributed by atoms with Gasteiger partial charge in [-0.3, -0.25) is 4.57 Å². The summed E-state index contributed by atoms with van der Waals surface area (Å²) in [6.07, 6.45) is 0. The van der Waals surface area contributed by atoms with Crippen LogP contribution in [0.1, 0.15) is 17.0 Å². The van der Waals surface area contributed by atoms with Crippen LogP contribution < -0.4 is 16.0 Å².